The molecule has 0 unspecified atom stereocenters. The number of nitrogens with one attached hydrogen (secondary N) is 1. The minimum Gasteiger partial charge on any atom is -0.445 e. The fourth-order valence-corrected chi connectivity index (χ4v) is 6.87. The van der Waals surface area contributed by atoms with Crippen LogP contribution in [0.15, 0.2) is 24.3 Å². The summed E-state index contributed by atoms with van der Waals surface area (Å²) in [7, 11) is 0. The van der Waals surface area contributed by atoms with Crippen LogP contribution in [-0.4, -0.2) is 23.5 Å². The quantitative estimate of drug-likeness (QED) is 0.825. The molecule has 144 valence electrons. The second-order valence-corrected chi connectivity index (χ2v) is 9.93. The molecule has 1 N–H and O–H groups in total. The Bertz CT molecular complexity index is 765. The predicted octanol–water partition coefficient (Wildman–Crippen LogP) is 3.88. The second-order valence-electron chi connectivity index (χ2n) is 9.93. The van der Waals surface area contributed by atoms with Crippen molar-refractivity contribution in [2.45, 2.75) is 70.4 Å². The lowest BCUT2D eigenvalue weighted by Gasteiger charge is -2.59. The number of benzene rings is 1. The zero-order valence-corrected chi connectivity index (χ0v) is 16.3. The molecule has 4 saturated carbocycles. The molecular formula is C23H29NO3. The molecule has 4 aliphatic carbocycles. The standard InChI is InChI=1S/C23H29NO3/c1-14(23-10-15-7-16(11-23)9-17(8-15)12-23)24-21(26)22(2)13-18-5-3-4-6-19(18)20(25)27-22/h3-6,14-17H,7-13H2,1-2H3,(H,24,26)/t14-,15?,16?,17?,22+,23?/m0/s1. The third kappa shape index (κ3) is 2.71. The Hall–Kier alpha value is -1.84. The van der Waals surface area contributed by atoms with Gasteiger partial charge in [-0.2, -0.15) is 0 Å². The number of fused-ring (bicyclic) bond motifs is 1. The Morgan fingerprint density at radius 2 is 1.70 bits per heavy atom. The van der Waals surface area contributed by atoms with Gasteiger partial charge < -0.3 is 10.1 Å². The first kappa shape index (κ1) is 17.3. The molecule has 1 aromatic rings. The summed E-state index contributed by atoms with van der Waals surface area (Å²) in [6.45, 7) is 3.93. The van der Waals surface area contributed by atoms with E-state index >= 15 is 0 Å². The number of hydrogen-bond donors (Lipinski definition) is 1. The maximum atomic E-state index is 13.2. The summed E-state index contributed by atoms with van der Waals surface area (Å²) >= 11 is 0. The van der Waals surface area contributed by atoms with Crippen LogP contribution in [0.2, 0.25) is 0 Å². The highest BCUT2D eigenvalue weighted by atomic mass is 16.6. The Morgan fingerprint density at radius 3 is 2.33 bits per heavy atom. The van der Waals surface area contributed by atoms with Gasteiger partial charge in [-0.25, -0.2) is 4.79 Å². The van der Waals surface area contributed by atoms with Crippen LogP contribution in [0.4, 0.5) is 0 Å². The van der Waals surface area contributed by atoms with Gasteiger partial charge in [0.05, 0.1) is 5.56 Å². The van der Waals surface area contributed by atoms with Gasteiger partial charge >= 0.3 is 5.97 Å². The van der Waals surface area contributed by atoms with Gasteiger partial charge in [-0.3, -0.25) is 4.79 Å². The fourth-order valence-electron chi connectivity index (χ4n) is 6.87. The lowest BCUT2D eigenvalue weighted by Crippen LogP contribution is -2.60. The van der Waals surface area contributed by atoms with Gasteiger partial charge in [-0.1, -0.05) is 18.2 Å². The molecule has 27 heavy (non-hydrogen) atoms. The number of carbonyl (C=O) groups excluding carboxylic acids is 2. The summed E-state index contributed by atoms with van der Waals surface area (Å²) in [6.07, 6.45) is 8.37. The summed E-state index contributed by atoms with van der Waals surface area (Å²) in [5.74, 6) is 2.02. The van der Waals surface area contributed by atoms with E-state index in [9.17, 15) is 9.59 Å². The predicted molar refractivity (Wildman–Crippen MR) is 102 cm³/mol. The van der Waals surface area contributed by atoms with Crippen molar-refractivity contribution in [3.05, 3.63) is 35.4 Å². The maximum Gasteiger partial charge on any atom is 0.339 e. The van der Waals surface area contributed by atoms with Crippen molar-refractivity contribution in [1.82, 2.24) is 5.32 Å². The van der Waals surface area contributed by atoms with Gasteiger partial charge in [0.15, 0.2) is 5.60 Å². The molecule has 0 saturated heterocycles. The van der Waals surface area contributed by atoms with Crippen LogP contribution in [0.1, 0.15) is 68.3 Å². The number of rotatable bonds is 3. The molecule has 6 rings (SSSR count). The Balaban J connectivity index is 1.34. The zero-order valence-electron chi connectivity index (χ0n) is 16.3. The summed E-state index contributed by atoms with van der Waals surface area (Å²) in [5.41, 5.74) is 0.602. The molecule has 0 spiro atoms. The van der Waals surface area contributed by atoms with Crippen molar-refractivity contribution in [2.75, 3.05) is 0 Å². The highest BCUT2D eigenvalue weighted by Crippen LogP contribution is 2.61. The SMILES string of the molecule is C[C@H](NC(=O)[C@@]1(C)Cc2ccccc2C(=O)O1)C12CC3CC(CC(C3)C1)C2. The molecular weight excluding hydrogens is 338 g/mol. The number of esters is 1. The Labute approximate surface area is 161 Å². The highest BCUT2D eigenvalue weighted by molar-refractivity contribution is 5.97. The number of amides is 1. The molecule has 4 bridgehead atoms. The molecule has 4 fully saturated rings. The van der Waals surface area contributed by atoms with Crippen LogP contribution in [0.3, 0.4) is 0 Å². The van der Waals surface area contributed by atoms with E-state index in [4.69, 9.17) is 4.74 Å². The molecule has 0 radical (unpaired) electrons. The summed E-state index contributed by atoms with van der Waals surface area (Å²) in [5, 5.41) is 3.28. The van der Waals surface area contributed by atoms with Crippen LogP contribution >= 0.6 is 0 Å². The lowest BCUT2D eigenvalue weighted by atomic mass is 9.48. The average Bonchev–Trinajstić information content (AvgIpc) is 2.60. The van der Waals surface area contributed by atoms with E-state index in [-0.39, 0.29) is 17.4 Å². The van der Waals surface area contributed by atoms with Crippen molar-refractivity contribution >= 4 is 11.9 Å². The smallest absolute Gasteiger partial charge is 0.339 e. The van der Waals surface area contributed by atoms with Crippen molar-refractivity contribution in [3.63, 3.8) is 0 Å². The summed E-state index contributed by atoms with van der Waals surface area (Å²) in [6, 6.07) is 7.56. The first-order valence-electron chi connectivity index (χ1n) is 10.5. The third-order valence-electron chi connectivity index (χ3n) is 7.92. The normalized spacial score (nSPS) is 40.2. The van der Waals surface area contributed by atoms with Gasteiger partial charge in [-0.15, -0.1) is 0 Å². The average molecular weight is 367 g/mol. The van der Waals surface area contributed by atoms with E-state index in [0.29, 0.717) is 12.0 Å². The van der Waals surface area contributed by atoms with Gasteiger partial charge in [0, 0.05) is 12.5 Å². The van der Waals surface area contributed by atoms with Gasteiger partial charge in [0.1, 0.15) is 0 Å². The van der Waals surface area contributed by atoms with Crippen LogP contribution < -0.4 is 5.32 Å². The van der Waals surface area contributed by atoms with Crippen molar-refractivity contribution in [2.24, 2.45) is 23.2 Å². The van der Waals surface area contributed by atoms with Crippen LogP contribution in [-0.2, 0) is 16.0 Å². The van der Waals surface area contributed by atoms with Crippen LogP contribution in [0, 0.1) is 23.2 Å². The minimum atomic E-state index is -1.12. The van der Waals surface area contributed by atoms with Gasteiger partial charge in [0.25, 0.3) is 5.91 Å². The highest BCUT2D eigenvalue weighted by Gasteiger charge is 2.54. The largest absolute Gasteiger partial charge is 0.445 e. The van der Waals surface area contributed by atoms with Crippen molar-refractivity contribution in [1.29, 1.82) is 0 Å². The number of ether oxygens (including phenoxy) is 1. The minimum absolute atomic E-state index is 0.131. The molecule has 1 aliphatic heterocycles. The lowest BCUT2D eigenvalue weighted by molar-refractivity contribution is -0.144. The first-order valence-corrected chi connectivity index (χ1v) is 10.5. The van der Waals surface area contributed by atoms with Crippen molar-refractivity contribution < 1.29 is 14.3 Å². The van der Waals surface area contributed by atoms with Crippen LogP contribution in [0.25, 0.3) is 0 Å². The van der Waals surface area contributed by atoms with Gasteiger partial charge in [-0.05, 0) is 87.2 Å². The molecule has 1 heterocycles. The van der Waals surface area contributed by atoms with Crippen molar-refractivity contribution in [3.8, 4) is 0 Å². The third-order valence-corrected chi connectivity index (χ3v) is 7.92. The summed E-state index contributed by atoms with van der Waals surface area (Å²) < 4.78 is 5.63. The Kier molecular flexibility index (Phi) is 3.73. The molecule has 1 aromatic carbocycles. The van der Waals surface area contributed by atoms with Gasteiger partial charge in [0.2, 0.25) is 0 Å². The van der Waals surface area contributed by atoms with Crippen LogP contribution in [0.5, 0.6) is 0 Å². The topological polar surface area (TPSA) is 55.4 Å². The first-order chi connectivity index (χ1) is 12.9. The number of carbonyl (C=O) groups is 2. The molecule has 4 nitrogen and oxygen atoms in total. The van der Waals surface area contributed by atoms with E-state index < -0.39 is 11.6 Å². The molecule has 4 heteroatoms. The van der Waals surface area contributed by atoms with E-state index in [1.54, 1.807) is 13.0 Å². The zero-order chi connectivity index (χ0) is 18.8. The Morgan fingerprint density at radius 1 is 1.11 bits per heavy atom. The second kappa shape index (κ2) is 5.83. The maximum absolute atomic E-state index is 13.2. The van der Waals surface area contributed by atoms with E-state index in [0.717, 1.165) is 23.3 Å². The van der Waals surface area contributed by atoms with E-state index in [2.05, 4.69) is 12.2 Å². The number of cyclic esters (lactones) is 1. The monoisotopic (exact) mass is 367 g/mol. The fraction of sp³-hybridized carbons (Fsp3) is 0.652. The van der Waals surface area contributed by atoms with E-state index in [1.165, 1.54) is 38.5 Å². The van der Waals surface area contributed by atoms with E-state index in [1.807, 2.05) is 18.2 Å². The summed E-state index contributed by atoms with van der Waals surface area (Å²) in [4.78, 5) is 25.6. The molecule has 1 amide bonds. The molecule has 2 atom stereocenters. The molecule has 0 aromatic heterocycles. The molecule has 5 aliphatic rings. The number of hydrogen-bond acceptors (Lipinski definition) is 3.